The highest BCUT2D eigenvalue weighted by atomic mass is 32.2. The summed E-state index contributed by atoms with van der Waals surface area (Å²) < 4.78 is 0. The van der Waals surface area contributed by atoms with Gasteiger partial charge in [-0.25, -0.2) is 0 Å². The molecular formula is C14H21N3S. The summed E-state index contributed by atoms with van der Waals surface area (Å²) in [5.74, 6) is 3.60. The zero-order chi connectivity index (χ0) is 12.2. The highest BCUT2D eigenvalue weighted by Crippen LogP contribution is 2.28. The summed E-state index contributed by atoms with van der Waals surface area (Å²) in [7, 11) is 0. The van der Waals surface area contributed by atoms with Gasteiger partial charge in [-0.2, -0.15) is 11.8 Å². The number of rotatable bonds is 3. The summed E-state index contributed by atoms with van der Waals surface area (Å²) in [4.78, 5) is 6.92. The standard InChI is InChI=1S/C14H21N3S/c1-2-13(8-15-4-1)14-9-16-5-6-17(14)10-12-3-7-18-11-12/h1-2,4,8,12,14,16H,3,5-7,9-11H2. The highest BCUT2D eigenvalue weighted by molar-refractivity contribution is 7.99. The van der Waals surface area contributed by atoms with Gasteiger partial charge in [-0.15, -0.1) is 0 Å². The number of nitrogens with zero attached hydrogens (tertiary/aromatic N) is 2. The van der Waals surface area contributed by atoms with Crippen LogP contribution in [0.25, 0.3) is 0 Å². The summed E-state index contributed by atoms with van der Waals surface area (Å²) in [5.41, 5.74) is 1.36. The smallest absolute Gasteiger partial charge is 0.0488 e. The fourth-order valence-electron chi connectivity index (χ4n) is 2.93. The van der Waals surface area contributed by atoms with Crippen molar-refractivity contribution in [2.75, 3.05) is 37.7 Å². The normalized spacial score (nSPS) is 29.6. The molecule has 18 heavy (non-hydrogen) atoms. The monoisotopic (exact) mass is 263 g/mol. The fraction of sp³-hybridized carbons (Fsp3) is 0.643. The molecule has 2 aliphatic heterocycles. The molecule has 1 aromatic heterocycles. The summed E-state index contributed by atoms with van der Waals surface area (Å²) in [6.07, 6.45) is 5.28. The Kier molecular flexibility index (Phi) is 4.18. The molecular weight excluding hydrogens is 242 g/mol. The first-order valence-corrected chi connectivity index (χ1v) is 8.01. The molecule has 4 heteroatoms. The Hall–Kier alpha value is -0.580. The summed E-state index contributed by atoms with van der Waals surface area (Å²) in [6, 6.07) is 4.77. The van der Waals surface area contributed by atoms with Crippen molar-refractivity contribution in [2.45, 2.75) is 12.5 Å². The fourth-order valence-corrected chi connectivity index (χ4v) is 4.20. The lowest BCUT2D eigenvalue weighted by molar-refractivity contribution is 0.142. The summed E-state index contributed by atoms with van der Waals surface area (Å²) in [6.45, 7) is 4.61. The van der Waals surface area contributed by atoms with Gasteiger partial charge in [-0.1, -0.05) is 6.07 Å². The minimum atomic E-state index is 0.512. The maximum atomic E-state index is 4.27. The van der Waals surface area contributed by atoms with E-state index in [1.807, 2.05) is 18.5 Å². The van der Waals surface area contributed by atoms with Crippen molar-refractivity contribution in [1.29, 1.82) is 0 Å². The number of hydrogen-bond acceptors (Lipinski definition) is 4. The lowest BCUT2D eigenvalue weighted by Gasteiger charge is -2.37. The van der Waals surface area contributed by atoms with Gasteiger partial charge < -0.3 is 5.32 Å². The third kappa shape index (κ3) is 2.87. The Balaban J connectivity index is 1.69. The zero-order valence-corrected chi connectivity index (χ0v) is 11.5. The van der Waals surface area contributed by atoms with E-state index >= 15 is 0 Å². The average molecular weight is 263 g/mol. The van der Waals surface area contributed by atoms with Gasteiger partial charge in [-0.3, -0.25) is 9.88 Å². The summed E-state index contributed by atoms with van der Waals surface area (Å²) in [5, 5.41) is 3.51. The molecule has 2 atom stereocenters. The second kappa shape index (κ2) is 6.04. The molecule has 1 aromatic rings. The number of piperazine rings is 1. The minimum Gasteiger partial charge on any atom is -0.314 e. The lowest BCUT2D eigenvalue weighted by Crippen LogP contribution is -2.47. The van der Waals surface area contributed by atoms with E-state index in [2.05, 4.69) is 33.0 Å². The van der Waals surface area contributed by atoms with Crippen molar-refractivity contribution < 1.29 is 0 Å². The van der Waals surface area contributed by atoms with E-state index in [0.717, 1.165) is 19.0 Å². The van der Waals surface area contributed by atoms with E-state index in [0.29, 0.717) is 6.04 Å². The maximum Gasteiger partial charge on any atom is 0.0488 e. The Bertz CT molecular complexity index is 365. The molecule has 3 rings (SSSR count). The van der Waals surface area contributed by atoms with Crippen LogP contribution in [-0.2, 0) is 0 Å². The van der Waals surface area contributed by atoms with Crippen molar-refractivity contribution in [2.24, 2.45) is 5.92 Å². The van der Waals surface area contributed by atoms with Gasteiger partial charge in [0.15, 0.2) is 0 Å². The Morgan fingerprint density at radius 2 is 2.50 bits per heavy atom. The molecule has 2 unspecified atom stereocenters. The topological polar surface area (TPSA) is 28.2 Å². The van der Waals surface area contributed by atoms with Crippen LogP contribution in [0.2, 0.25) is 0 Å². The lowest BCUT2D eigenvalue weighted by atomic mass is 10.0. The predicted molar refractivity (Wildman–Crippen MR) is 76.9 cm³/mol. The Labute approximate surface area is 113 Å². The molecule has 0 spiro atoms. The molecule has 3 nitrogen and oxygen atoms in total. The molecule has 0 aromatic carbocycles. The zero-order valence-electron chi connectivity index (χ0n) is 10.7. The third-order valence-corrected chi connectivity index (χ3v) is 5.17. The van der Waals surface area contributed by atoms with Crippen LogP contribution in [0, 0.1) is 5.92 Å². The molecule has 1 N–H and O–H groups in total. The molecule has 3 heterocycles. The Morgan fingerprint density at radius 3 is 3.28 bits per heavy atom. The molecule has 2 aliphatic rings. The number of hydrogen-bond donors (Lipinski definition) is 1. The maximum absolute atomic E-state index is 4.27. The third-order valence-electron chi connectivity index (χ3n) is 3.94. The molecule has 0 bridgehead atoms. The van der Waals surface area contributed by atoms with Gasteiger partial charge >= 0.3 is 0 Å². The van der Waals surface area contributed by atoms with Crippen LogP contribution in [0.5, 0.6) is 0 Å². The largest absolute Gasteiger partial charge is 0.314 e. The van der Waals surface area contributed by atoms with Crippen LogP contribution in [-0.4, -0.2) is 47.6 Å². The number of thioether (sulfide) groups is 1. The molecule has 98 valence electrons. The van der Waals surface area contributed by atoms with Crippen molar-refractivity contribution >= 4 is 11.8 Å². The first-order chi connectivity index (χ1) is 8.93. The quantitative estimate of drug-likeness (QED) is 0.900. The van der Waals surface area contributed by atoms with Crippen LogP contribution in [0.15, 0.2) is 24.5 Å². The minimum absolute atomic E-state index is 0.512. The molecule has 0 amide bonds. The molecule has 2 fully saturated rings. The molecule has 0 saturated carbocycles. The highest BCUT2D eigenvalue weighted by Gasteiger charge is 2.27. The van der Waals surface area contributed by atoms with Crippen molar-refractivity contribution in [3.63, 3.8) is 0 Å². The van der Waals surface area contributed by atoms with Crippen LogP contribution < -0.4 is 5.32 Å². The van der Waals surface area contributed by atoms with E-state index in [9.17, 15) is 0 Å². The van der Waals surface area contributed by atoms with Gasteiger partial charge in [-0.05, 0) is 35.5 Å². The van der Waals surface area contributed by atoms with Crippen molar-refractivity contribution in [1.82, 2.24) is 15.2 Å². The van der Waals surface area contributed by atoms with Gasteiger partial charge in [0.2, 0.25) is 0 Å². The molecule has 2 saturated heterocycles. The summed E-state index contributed by atoms with van der Waals surface area (Å²) >= 11 is 2.11. The van der Waals surface area contributed by atoms with E-state index in [-0.39, 0.29) is 0 Å². The number of pyridine rings is 1. The van der Waals surface area contributed by atoms with Crippen LogP contribution >= 0.6 is 11.8 Å². The van der Waals surface area contributed by atoms with Crippen molar-refractivity contribution in [3.05, 3.63) is 30.1 Å². The second-order valence-corrected chi connectivity index (χ2v) is 6.38. The number of nitrogens with one attached hydrogen (secondary N) is 1. The van der Waals surface area contributed by atoms with Crippen LogP contribution in [0.3, 0.4) is 0 Å². The Morgan fingerprint density at radius 1 is 1.50 bits per heavy atom. The van der Waals surface area contributed by atoms with E-state index < -0.39 is 0 Å². The van der Waals surface area contributed by atoms with Gasteiger partial charge in [0.05, 0.1) is 0 Å². The first-order valence-electron chi connectivity index (χ1n) is 6.86. The predicted octanol–water partition coefficient (Wildman–Crippen LogP) is 1.78. The van der Waals surface area contributed by atoms with E-state index in [1.165, 1.54) is 36.6 Å². The molecule has 0 aliphatic carbocycles. The van der Waals surface area contributed by atoms with E-state index in [1.54, 1.807) is 0 Å². The van der Waals surface area contributed by atoms with Gasteiger partial charge in [0, 0.05) is 44.6 Å². The van der Waals surface area contributed by atoms with Crippen LogP contribution in [0.1, 0.15) is 18.0 Å². The van der Waals surface area contributed by atoms with Crippen molar-refractivity contribution in [3.8, 4) is 0 Å². The molecule has 0 radical (unpaired) electrons. The second-order valence-electron chi connectivity index (χ2n) is 5.23. The van der Waals surface area contributed by atoms with Gasteiger partial charge in [0.1, 0.15) is 0 Å². The average Bonchev–Trinajstić information content (AvgIpc) is 2.93. The SMILES string of the molecule is c1cncc(C2CNCCN2CC2CCSC2)c1. The van der Waals surface area contributed by atoms with Crippen LogP contribution in [0.4, 0.5) is 0 Å². The van der Waals surface area contributed by atoms with E-state index in [4.69, 9.17) is 0 Å². The van der Waals surface area contributed by atoms with Gasteiger partial charge in [0.25, 0.3) is 0 Å². The number of aromatic nitrogens is 1. The first kappa shape index (κ1) is 12.5.